The van der Waals surface area contributed by atoms with Crippen LogP contribution in [0, 0.1) is 11.8 Å². The van der Waals surface area contributed by atoms with E-state index in [4.69, 9.17) is 14.6 Å². The number of ketones is 1. The second-order valence-electron chi connectivity index (χ2n) is 8.53. The number of Topliss-reactive ketones (excluding diaryl/α,β-unsaturated/α-hetero) is 1. The minimum Gasteiger partial charge on any atom is -0.460 e. The van der Waals surface area contributed by atoms with Crippen LogP contribution in [-0.2, 0) is 23.9 Å². The molecule has 1 N–H and O–H groups in total. The van der Waals surface area contributed by atoms with Gasteiger partial charge in [-0.05, 0) is 54.4 Å². The zero-order valence-corrected chi connectivity index (χ0v) is 15.5. The molecular weight excluding hydrogens is 312 g/mol. The molecular formula is C18H30O6. The molecule has 0 amide bonds. The topological polar surface area (TPSA) is 89.9 Å². The Hall–Kier alpha value is -1.43. The molecule has 0 unspecified atom stereocenters. The summed E-state index contributed by atoms with van der Waals surface area (Å²) in [5.74, 6) is -0.489. The average Bonchev–Trinajstić information content (AvgIpc) is 2.27. The fourth-order valence-electron chi connectivity index (χ4n) is 2.21. The Morgan fingerprint density at radius 2 is 1.25 bits per heavy atom. The standard InChI is InChI=1S/C9H16O3.C9H14O3/c2*1-9(2,3)12-8(11)6-4-7(10)5-6/h6-7,10H,4-5H2,1-3H3;6H,4-5H2,1-3H3. The van der Waals surface area contributed by atoms with Gasteiger partial charge >= 0.3 is 11.9 Å². The summed E-state index contributed by atoms with van der Waals surface area (Å²) in [6, 6.07) is 0. The number of ether oxygens (including phenoxy) is 2. The smallest absolute Gasteiger partial charge is 0.310 e. The van der Waals surface area contributed by atoms with Gasteiger partial charge in [-0.1, -0.05) is 0 Å². The van der Waals surface area contributed by atoms with Gasteiger partial charge in [0.2, 0.25) is 0 Å². The second-order valence-corrected chi connectivity index (χ2v) is 8.53. The number of aliphatic hydroxyl groups excluding tert-OH is 1. The molecule has 2 aliphatic carbocycles. The second kappa shape index (κ2) is 7.64. The van der Waals surface area contributed by atoms with Gasteiger partial charge in [-0.15, -0.1) is 0 Å². The predicted molar refractivity (Wildman–Crippen MR) is 88.2 cm³/mol. The van der Waals surface area contributed by atoms with Gasteiger partial charge in [-0.3, -0.25) is 14.4 Å². The van der Waals surface area contributed by atoms with Crippen LogP contribution in [0.5, 0.6) is 0 Å². The Kier molecular flexibility index (Phi) is 6.56. The molecule has 0 aliphatic heterocycles. The van der Waals surface area contributed by atoms with Gasteiger partial charge in [-0.2, -0.15) is 0 Å². The molecule has 138 valence electrons. The first-order chi connectivity index (χ1) is 10.8. The summed E-state index contributed by atoms with van der Waals surface area (Å²) in [7, 11) is 0. The molecule has 0 atom stereocenters. The highest BCUT2D eigenvalue weighted by molar-refractivity contribution is 5.94. The van der Waals surface area contributed by atoms with Crippen LogP contribution in [0.1, 0.15) is 67.2 Å². The van der Waals surface area contributed by atoms with Crippen LogP contribution >= 0.6 is 0 Å². The molecule has 24 heavy (non-hydrogen) atoms. The molecule has 2 rings (SSSR count). The molecule has 0 heterocycles. The van der Waals surface area contributed by atoms with Crippen LogP contribution in [0.4, 0.5) is 0 Å². The van der Waals surface area contributed by atoms with Gasteiger partial charge in [0.1, 0.15) is 17.0 Å². The molecule has 6 nitrogen and oxygen atoms in total. The van der Waals surface area contributed by atoms with Crippen LogP contribution in [-0.4, -0.2) is 40.1 Å². The van der Waals surface area contributed by atoms with Crippen molar-refractivity contribution in [2.24, 2.45) is 11.8 Å². The first-order valence-electron chi connectivity index (χ1n) is 8.42. The lowest BCUT2D eigenvalue weighted by atomic mass is 9.82. The van der Waals surface area contributed by atoms with Gasteiger partial charge in [0.25, 0.3) is 0 Å². The third-order valence-electron chi connectivity index (χ3n) is 3.54. The monoisotopic (exact) mass is 342 g/mol. The van der Waals surface area contributed by atoms with Crippen LogP contribution in [0.3, 0.4) is 0 Å². The lowest BCUT2D eigenvalue weighted by Crippen LogP contribution is -2.38. The highest BCUT2D eigenvalue weighted by Gasteiger charge is 2.36. The Labute approximate surface area is 143 Å². The van der Waals surface area contributed by atoms with Gasteiger partial charge in [-0.25, -0.2) is 0 Å². The van der Waals surface area contributed by atoms with E-state index in [1.54, 1.807) is 0 Å². The minimum atomic E-state index is -0.435. The highest BCUT2D eigenvalue weighted by Crippen LogP contribution is 2.29. The quantitative estimate of drug-likeness (QED) is 0.775. The van der Waals surface area contributed by atoms with Crippen molar-refractivity contribution in [1.29, 1.82) is 0 Å². The van der Waals surface area contributed by atoms with Crippen molar-refractivity contribution in [2.45, 2.75) is 84.5 Å². The number of esters is 2. The minimum absolute atomic E-state index is 0.0702. The van der Waals surface area contributed by atoms with Crippen LogP contribution < -0.4 is 0 Å². The zero-order chi connectivity index (χ0) is 18.7. The van der Waals surface area contributed by atoms with Crippen LogP contribution in [0.25, 0.3) is 0 Å². The summed E-state index contributed by atoms with van der Waals surface area (Å²) in [5.41, 5.74) is -0.840. The highest BCUT2D eigenvalue weighted by atomic mass is 16.6. The largest absolute Gasteiger partial charge is 0.460 e. The summed E-state index contributed by atoms with van der Waals surface area (Å²) in [5, 5.41) is 8.96. The summed E-state index contributed by atoms with van der Waals surface area (Å²) in [6.45, 7) is 11.0. The Bertz CT molecular complexity index is 469. The number of aliphatic hydroxyl groups is 1. The SMILES string of the molecule is CC(C)(C)OC(=O)C1CC(=O)C1.CC(C)(C)OC(=O)C1CC(O)C1. The summed E-state index contributed by atoms with van der Waals surface area (Å²) >= 11 is 0. The first-order valence-corrected chi connectivity index (χ1v) is 8.42. The first kappa shape index (κ1) is 20.6. The molecule has 0 aromatic rings. The number of rotatable bonds is 2. The lowest BCUT2D eigenvalue weighted by molar-refractivity contribution is -0.167. The Morgan fingerprint density at radius 1 is 0.875 bits per heavy atom. The van der Waals surface area contributed by atoms with Gasteiger partial charge in [0.05, 0.1) is 17.9 Å². The van der Waals surface area contributed by atoms with E-state index >= 15 is 0 Å². The fraction of sp³-hybridized carbons (Fsp3) is 0.833. The Balaban J connectivity index is 0.000000240. The van der Waals surface area contributed by atoms with E-state index in [2.05, 4.69) is 0 Å². The zero-order valence-electron chi connectivity index (χ0n) is 15.5. The molecule has 0 aromatic carbocycles. The maximum Gasteiger partial charge on any atom is 0.310 e. The third-order valence-corrected chi connectivity index (χ3v) is 3.54. The van der Waals surface area contributed by atoms with E-state index in [-0.39, 0.29) is 35.7 Å². The maximum absolute atomic E-state index is 11.3. The van der Waals surface area contributed by atoms with Crippen molar-refractivity contribution in [2.75, 3.05) is 0 Å². The van der Waals surface area contributed by atoms with E-state index in [1.165, 1.54) is 0 Å². The number of carbonyl (C=O) groups excluding carboxylic acids is 3. The summed E-state index contributed by atoms with van der Waals surface area (Å²) in [6.07, 6.45) is 1.58. The molecule has 0 saturated heterocycles. The molecule has 6 heteroatoms. The van der Waals surface area contributed by atoms with Crippen molar-refractivity contribution >= 4 is 17.7 Å². The van der Waals surface area contributed by atoms with E-state index < -0.39 is 11.2 Å². The maximum atomic E-state index is 11.3. The van der Waals surface area contributed by atoms with E-state index in [0.717, 1.165) is 0 Å². The van der Waals surface area contributed by atoms with Crippen molar-refractivity contribution in [1.82, 2.24) is 0 Å². The Morgan fingerprint density at radius 3 is 1.54 bits per heavy atom. The van der Waals surface area contributed by atoms with Crippen molar-refractivity contribution < 1.29 is 29.0 Å². The van der Waals surface area contributed by atoms with Crippen molar-refractivity contribution in [3.8, 4) is 0 Å². The van der Waals surface area contributed by atoms with Crippen LogP contribution in [0.2, 0.25) is 0 Å². The van der Waals surface area contributed by atoms with E-state index in [1.807, 2.05) is 41.5 Å². The van der Waals surface area contributed by atoms with E-state index in [0.29, 0.717) is 25.7 Å². The van der Waals surface area contributed by atoms with Crippen molar-refractivity contribution in [3.05, 3.63) is 0 Å². The molecule has 2 saturated carbocycles. The van der Waals surface area contributed by atoms with Gasteiger partial charge < -0.3 is 14.6 Å². The van der Waals surface area contributed by atoms with Gasteiger partial charge in [0.15, 0.2) is 0 Å². The summed E-state index contributed by atoms with van der Waals surface area (Å²) in [4.78, 5) is 33.0. The third kappa shape index (κ3) is 7.43. The molecule has 0 aromatic heterocycles. The van der Waals surface area contributed by atoms with Crippen LogP contribution in [0.15, 0.2) is 0 Å². The lowest BCUT2D eigenvalue weighted by Gasteiger charge is -2.32. The van der Waals surface area contributed by atoms with E-state index in [9.17, 15) is 14.4 Å². The molecule has 2 aliphatic rings. The molecule has 0 bridgehead atoms. The predicted octanol–water partition coefficient (Wildman–Crippen LogP) is 2.41. The number of hydrogen-bond acceptors (Lipinski definition) is 6. The molecule has 0 spiro atoms. The molecule has 0 radical (unpaired) electrons. The van der Waals surface area contributed by atoms with Crippen molar-refractivity contribution in [3.63, 3.8) is 0 Å². The summed E-state index contributed by atoms with van der Waals surface area (Å²) < 4.78 is 10.2. The number of carbonyl (C=O) groups is 3. The average molecular weight is 342 g/mol. The number of hydrogen-bond donors (Lipinski definition) is 1. The normalized spacial score (nSPS) is 24.0. The van der Waals surface area contributed by atoms with Gasteiger partial charge in [0, 0.05) is 12.8 Å². The molecule has 2 fully saturated rings. The fourth-order valence-corrected chi connectivity index (χ4v) is 2.21.